The van der Waals surface area contributed by atoms with Gasteiger partial charge in [0.15, 0.2) is 0 Å². The maximum Gasteiger partial charge on any atom is 0.418 e. The van der Waals surface area contributed by atoms with Crippen molar-refractivity contribution in [3.8, 4) is 0 Å². The van der Waals surface area contributed by atoms with Gasteiger partial charge in [-0.3, -0.25) is 0 Å². The third-order valence-electron chi connectivity index (χ3n) is 2.96. The molecular weight excluding hydrogens is 247 g/mol. The van der Waals surface area contributed by atoms with E-state index in [9.17, 15) is 13.2 Å². The van der Waals surface area contributed by atoms with Gasteiger partial charge < -0.3 is 4.90 Å². The third kappa shape index (κ3) is 2.70. The predicted octanol–water partition coefficient (Wildman–Crippen LogP) is 4.03. The maximum absolute atomic E-state index is 13.0. The van der Waals surface area contributed by atoms with Gasteiger partial charge in [0.1, 0.15) is 0 Å². The molecule has 1 aromatic rings. The van der Waals surface area contributed by atoms with Crippen LogP contribution in [0.4, 0.5) is 18.9 Å². The highest BCUT2D eigenvalue weighted by Gasteiger charge is 2.35. The van der Waals surface area contributed by atoms with Gasteiger partial charge in [0.05, 0.1) is 5.56 Å². The minimum absolute atomic E-state index is 0.327. The Balaban J connectivity index is 2.42. The minimum Gasteiger partial charge on any atom is -0.371 e. The molecule has 0 bridgehead atoms. The van der Waals surface area contributed by atoms with Crippen molar-refractivity contribution in [2.75, 3.05) is 24.2 Å². The molecule has 1 heterocycles. The molecule has 1 aromatic carbocycles. The van der Waals surface area contributed by atoms with E-state index in [0.29, 0.717) is 10.6 Å². The lowest BCUT2D eigenvalue weighted by molar-refractivity contribution is -0.137. The van der Waals surface area contributed by atoms with Crippen molar-refractivity contribution >= 4 is 17.4 Å². The fraction of sp³-hybridized carbons (Fsp3) is 0.500. The molecule has 0 aromatic heterocycles. The van der Waals surface area contributed by atoms with E-state index in [0.717, 1.165) is 25.9 Å². The Morgan fingerprint density at radius 1 is 1.18 bits per heavy atom. The lowest BCUT2D eigenvalue weighted by atomic mass is 10.1. The van der Waals surface area contributed by atoms with Crippen LogP contribution in [0.2, 0.25) is 0 Å². The standard InChI is InChI=1S/C12H14F3NS/c1-17-9-4-5-11(16-6-2-3-7-16)10(8-9)12(13,14)15/h4-5,8H,2-3,6-7H2,1H3. The Morgan fingerprint density at radius 2 is 1.82 bits per heavy atom. The van der Waals surface area contributed by atoms with Crippen LogP contribution in [0, 0.1) is 0 Å². The minimum atomic E-state index is -4.27. The maximum atomic E-state index is 13.0. The van der Waals surface area contributed by atoms with Gasteiger partial charge in [0.2, 0.25) is 0 Å². The fourth-order valence-electron chi connectivity index (χ4n) is 2.10. The molecule has 17 heavy (non-hydrogen) atoms. The Labute approximate surface area is 103 Å². The lowest BCUT2D eigenvalue weighted by Crippen LogP contribution is -2.22. The van der Waals surface area contributed by atoms with Crippen molar-refractivity contribution < 1.29 is 13.2 Å². The van der Waals surface area contributed by atoms with Crippen molar-refractivity contribution in [2.45, 2.75) is 23.9 Å². The van der Waals surface area contributed by atoms with Crippen LogP contribution in [0.3, 0.4) is 0 Å². The molecule has 0 N–H and O–H groups in total. The highest BCUT2D eigenvalue weighted by atomic mass is 32.2. The first-order chi connectivity index (χ1) is 8.02. The number of benzene rings is 1. The molecule has 1 aliphatic heterocycles. The number of alkyl halides is 3. The van der Waals surface area contributed by atoms with Crippen LogP contribution in [0.5, 0.6) is 0 Å². The third-order valence-corrected chi connectivity index (χ3v) is 3.68. The number of hydrogen-bond acceptors (Lipinski definition) is 2. The predicted molar refractivity (Wildman–Crippen MR) is 64.7 cm³/mol. The summed E-state index contributed by atoms with van der Waals surface area (Å²) in [6, 6.07) is 4.60. The first-order valence-corrected chi connectivity index (χ1v) is 6.75. The molecule has 0 amide bonds. The van der Waals surface area contributed by atoms with Crippen LogP contribution in [0.15, 0.2) is 23.1 Å². The quantitative estimate of drug-likeness (QED) is 0.739. The second-order valence-corrected chi connectivity index (χ2v) is 4.95. The monoisotopic (exact) mass is 261 g/mol. The summed E-state index contributed by atoms with van der Waals surface area (Å²) in [6.07, 6.45) is -0.544. The van der Waals surface area contributed by atoms with Gasteiger partial charge in [-0.1, -0.05) is 0 Å². The molecular formula is C12H14F3NS. The summed E-state index contributed by atoms with van der Waals surface area (Å²) >= 11 is 1.33. The normalized spacial score (nSPS) is 16.6. The van der Waals surface area contributed by atoms with Crippen molar-refractivity contribution in [1.29, 1.82) is 0 Å². The second kappa shape index (κ2) is 4.80. The van der Waals surface area contributed by atoms with Gasteiger partial charge in [0, 0.05) is 23.7 Å². The van der Waals surface area contributed by atoms with E-state index in [-0.39, 0.29) is 0 Å². The van der Waals surface area contributed by atoms with E-state index in [1.165, 1.54) is 17.8 Å². The van der Waals surface area contributed by atoms with Gasteiger partial charge in [-0.05, 0) is 37.3 Å². The Hall–Kier alpha value is -0.840. The molecule has 0 spiro atoms. The molecule has 0 unspecified atom stereocenters. The average Bonchev–Trinajstić information content (AvgIpc) is 2.80. The van der Waals surface area contributed by atoms with Gasteiger partial charge in [-0.15, -0.1) is 11.8 Å². The first-order valence-electron chi connectivity index (χ1n) is 5.52. The SMILES string of the molecule is CSc1ccc(N2CCCC2)c(C(F)(F)F)c1. The number of thioether (sulfide) groups is 1. The summed E-state index contributed by atoms with van der Waals surface area (Å²) < 4.78 is 38.9. The van der Waals surface area contributed by atoms with Crippen LogP contribution < -0.4 is 4.90 Å². The topological polar surface area (TPSA) is 3.24 Å². The summed E-state index contributed by atoms with van der Waals surface area (Å²) in [5.41, 5.74) is -0.181. The molecule has 1 saturated heterocycles. The molecule has 94 valence electrons. The van der Waals surface area contributed by atoms with Gasteiger partial charge in [-0.2, -0.15) is 13.2 Å². The summed E-state index contributed by atoms with van der Waals surface area (Å²) in [5.74, 6) is 0. The summed E-state index contributed by atoms with van der Waals surface area (Å²) in [5, 5.41) is 0. The van der Waals surface area contributed by atoms with Crippen LogP contribution >= 0.6 is 11.8 Å². The molecule has 0 atom stereocenters. The number of nitrogens with zero attached hydrogens (tertiary/aromatic N) is 1. The number of rotatable bonds is 2. The Morgan fingerprint density at radius 3 is 2.35 bits per heavy atom. The number of anilines is 1. The molecule has 2 rings (SSSR count). The molecule has 0 aliphatic carbocycles. The highest BCUT2D eigenvalue weighted by molar-refractivity contribution is 7.98. The zero-order valence-electron chi connectivity index (χ0n) is 9.55. The summed E-state index contributed by atoms with van der Waals surface area (Å²) in [4.78, 5) is 2.48. The molecule has 0 radical (unpaired) electrons. The van der Waals surface area contributed by atoms with E-state index in [1.54, 1.807) is 18.4 Å². The van der Waals surface area contributed by atoms with E-state index in [2.05, 4.69) is 0 Å². The Bertz CT molecular complexity index is 397. The van der Waals surface area contributed by atoms with Gasteiger partial charge in [0.25, 0.3) is 0 Å². The second-order valence-electron chi connectivity index (χ2n) is 4.07. The smallest absolute Gasteiger partial charge is 0.371 e. The van der Waals surface area contributed by atoms with Crippen LogP contribution in [-0.2, 0) is 6.18 Å². The van der Waals surface area contributed by atoms with Crippen LogP contribution in [-0.4, -0.2) is 19.3 Å². The van der Waals surface area contributed by atoms with E-state index < -0.39 is 11.7 Å². The zero-order valence-corrected chi connectivity index (χ0v) is 10.4. The van der Waals surface area contributed by atoms with E-state index in [1.807, 2.05) is 4.90 Å². The molecule has 1 nitrogen and oxygen atoms in total. The zero-order chi connectivity index (χ0) is 12.5. The highest BCUT2D eigenvalue weighted by Crippen LogP contribution is 2.39. The molecule has 1 aliphatic rings. The van der Waals surface area contributed by atoms with Crippen molar-refractivity contribution in [2.24, 2.45) is 0 Å². The lowest BCUT2D eigenvalue weighted by Gasteiger charge is -2.23. The van der Waals surface area contributed by atoms with E-state index in [4.69, 9.17) is 0 Å². The first kappa shape index (κ1) is 12.6. The molecule has 1 fully saturated rings. The van der Waals surface area contributed by atoms with Crippen LogP contribution in [0.1, 0.15) is 18.4 Å². The Kier molecular flexibility index (Phi) is 3.56. The number of hydrogen-bond donors (Lipinski definition) is 0. The largest absolute Gasteiger partial charge is 0.418 e. The summed E-state index contributed by atoms with van der Waals surface area (Å²) in [6.45, 7) is 1.45. The van der Waals surface area contributed by atoms with Gasteiger partial charge in [-0.25, -0.2) is 0 Å². The van der Waals surface area contributed by atoms with Gasteiger partial charge >= 0.3 is 6.18 Å². The number of halogens is 3. The molecule has 0 saturated carbocycles. The van der Waals surface area contributed by atoms with E-state index >= 15 is 0 Å². The van der Waals surface area contributed by atoms with Crippen LogP contribution in [0.25, 0.3) is 0 Å². The summed E-state index contributed by atoms with van der Waals surface area (Å²) in [7, 11) is 0. The van der Waals surface area contributed by atoms with Crippen molar-refractivity contribution in [3.63, 3.8) is 0 Å². The fourth-order valence-corrected chi connectivity index (χ4v) is 2.54. The van der Waals surface area contributed by atoms with Crippen molar-refractivity contribution in [1.82, 2.24) is 0 Å². The molecule has 5 heteroatoms. The van der Waals surface area contributed by atoms with Crippen molar-refractivity contribution in [3.05, 3.63) is 23.8 Å². The average molecular weight is 261 g/mol.